The molecule has 3 saturated heterocycles. The van der Waals surface area contributed by atoms with E-state index in [0.717, 1.165) is 0 Å². The van der Waals surface area contributed by atoms with Crippen LogP contribution in [0.4, 0.5) is 0 Å². The Kier molecular flexibility index (Phi) is 22.7. The normalized spacial score (nSPS) is 19.1. The van der Waals surface area contributed by atoms with Gasteiger partial charge in [0.15, 0.2) is 11.9 Å². The molecule has 25 nitrogen and oxygen atoms in total. The maximum absolute atomic E-state index is 14.1. The number of aldehydes is 1. The van der Waals surface area contributed by atoms with Crippen molar-refractivity contribution in [3.05, 3.63) is 71.8 Å². The maximum Gasteiger partial charge on any atom is 0.248 e. The van der Waals surface area contributed by atoms with Crippen LogP contribution in [-0.2, 0) is 56.0 Å². The lowest BCUT2D eigenvalue weighted by atomic mass is 10.0. The van der Waals surface area contributed by atoms with Crippen molar-refractivity contribution in [1.29, 1.82) is 0 Å². The van der Waals surface area contributed by atoms with E-state index in [0.29, 0.717) is 81.9 Å². The van der Waals surface area contributed by atoms with Crippen molar-refractivity contribution in [3.63, 3.8) is 0 Å². The van der Waals surface area contributed by atoms with Crippen LogP contribution in [-0.4, -0.2) is 179 Å². The fourth-order valence-electron chi connectivity index (χ4n) is 9.49. The summed E-state index contributed by atoms with van der Waals surface area (Å²) < 4.78 is 0. The molecule has 3 aliphatic heterocycles. The van der Waals surface area contributed by atoms with Crippen molar-refractivity contribution in [2.75, 3.05) is 45.9 Å². The lowest BCUT2D eigenvalue weighted by Crippen LogP contribution is -2.60. The fourth-order valence-corrected chi connectivity index (χ4v) is 9.49. The summed E-state index contributed by atoms with van der Waals surface area (Å²) in [6.07, 6.45) is 4.32. The van der Waals surface area contributed by atoms with E-state index < -0.39 is 103 Å². The van der Waals surface area contributed by atoms with Crippen molar-refractivity contribution in [1.82, 2.24) is 41.3 Å². The number of hydrogen-bond donors (Lipinski definition) is 11. The summed E-state index contributed by atoms with van der Waals surface area (Å²) in [7, 11) is 0. The van der Waals surface area contributed by atoms with Crippen LogP contribution in [0.2, 0.25) is 0 Å². The molecule has 2 aromatic rings. The number of carbonyl (C=O) groups excluding carboxylic acids is 9. The third-order valence-corrected chi connectivity index (χ3v) is 13.3. The first-order valence-corrected chi connectivity index (χ1v) is 25.4. The largest absolute Gasteiger partial charge is 0.394 e. The molecule has 0 radical (unpaired) electrons. The van der Waals surface area contributed by atoms with Gasteiger partial charge in [0.05, 0.1) is 25.2 Å². The molecule has 3 heterocycles. The van der Waals surface area contributed by atoms with Crippen molar-refractivity contribution < 1.29 is 48.3 Å². The molecule has 8 amide bonds. The monoisotopic (exact) mass is 1040 g/mol. The molecular formula is C50H73N15O10. The summed E-state index contributed by atoms with van der Waals surface area (Å²) >= 11 is 0. The molecule has 5 rings (SSSR count). The molecule has 2 aromatic carbocycles. The smallest absolute Gasteiger partial charge is 0.248 e. The zero-order valence-corrected chi connectivity index (χ0v) is 42.1. The van der Waals surface area contributed by atoms with E-state index in [2.05, 4.69) is 36.6 Å². The first-order chi connectivity index (χ1) is 36.0. The first kappa shape index (κ1) is 58.2. The molecule has 75 heavy (non-hydrogen) atoms. The number of rotatable bonds is 27. The number of likely N-dealkylation sites (tertiary alicyclic amines) is 3. The summed E-state index contributed by atoms with van der Waals surface area (Å²) in [5, 5.41) is 23.7. The molecule has 0 aliphatic carbocycles. The van der Waals surface area contributed by atoms with Crippen LogP contribution in [0.1, 0.15) is 75.3 Å². The molecule has 3 fully saturated rings. The minimum atomic E-state index is -1.56. The third kappa shape index (κ3) is 17.5. The first-order valence-electron chi connectivity index (χ1n) is 25.4. The predicted molar refractivity (Wildman–Crippen MR) is 276 cm³/mol. The highest BCUT2D eigenvalue weighted by atomic mass is 16.3. The van der Waals surface area contributed by atoms with Crippen LogP contribution in [0.5, 0.6) is 0 Å². The number of aliphatic imine (C=N–C) groups is 2. The van der Waals surface area contributed by atoms with Gasteiger partial charge in [0.1, 0.15) is 42.5 Å². The highest BCUT2D eigenvalue weighted by Gasteiger charge is 2.44. The van der Waals surface area contributed by atoms with E-state index in [4.69, 9.17) is 28.7 Å². The Morgan fingerprint density at radius 2 is 1.11 bits per heavy atom. The summed E-state index contributed by atoms with van der Waals surface area (Å²) in [4.78, 5) is 134. The second-order valence-electron chi connectivity index (χ2n) is 18.8. The third-order valence-electron chi connectivity index (χ3n) is 13.3. The number of nitrogens with zero attached hydrogens (tertiary/aromatic N) is 5. The number of guanidine groups is 2. The van der Waals surface area contributed by atoms with Gasteiger partial charge < -0.3 is 79.9 Å². The number of aliphatic hydroxyl groups excluding tert-OH is 1. The Labute approximate surface area is 435 Å². The van der Waals surface area contributed by atoms with Crippen LogP contribution in [0.3, 0.4) is 0 Å². The summed E-state index contributed by atoms with van der Waals surface area (Å²) in [6.45, 7) is -0.241. The highest BCUT2D eigenvalue weighted by Crippen LogP contribution is 2.26. The molecule has 408 valence electrons. The Hall–Kier alpha value is -7.67. The number of hydrogen-bond acceptors (Lipinski definition) is 13. The standard InChI is InChI=1S/C50H73N15O10/c51-34(17-8-22-57-50(54)55)46(73)65-25-11-20-40(65)48(75)64-24-9-18-38(64)44(71)58-28-41(68)60-35(26-31-12-3-1-4-13-31)43(70)62-37(30-67)47(74)63-23-10-19-39(63)45(72)61-36(27-32-14-5-2-6-15-32)42(69)59-33(29-66)16-7-21-56-49(52)53/h1-6,12-15,29,33-40,67H,7-11,16-28,30,51H2,(H,58,71)(H,59,69)(H,60,68)(H,61,72)(H,62,70)(H4,52,53,56)(H4,54,55,57)/t33-,34-,35-,36-,37-,38-,39-,40-/m0/s1. The number of amides is 8. The van der Waals surface area contributed by atoms with Crippen LogP contribution in [0.25, 0.3) is 0 Å². The van der Waals surface area contributed by atoms with Crippen LogP contribution in [0, 0.1) is 0 Å². The van der Waals surface area contributed by atoms with E-state index >= 15 is 0 Å². The Bertz CT molecular complexity index is 2350. The molecule has 0 saturated carbocycles. The van der Waals surface area contributed by atoms with E-state index in [1.807, 2.05) is 0 Å². The summed E-state index contributed by atoms with van der Waals surface area (Å²) in [5.74, 6) is -5.25. The lowest BCUT2D eigenvalue weighted by Gasteiger charge is -2.32. The molecule has 0 bridgehead atoms. The molecule has 25 heteroatoms. The van der Waals surface area contributed by atoms with Crippen LogP contribution >= 0.6 is 0 Å². The molecular weight excluding hydrogens is 971 g/mol. The van der Waals surface area contributed by atoms with Gasteiger partial charge in [-0.15, -0.1) is 0 Å². The lowest BCUT2D eigenvalue weighted by molar-refractivity contribution is -0.147. The average molecular weight is 1040 g/mol. The highest BCUT2D eigenvalue weighted by molar-refractivity contribution is 5.98. The average Bonchev–Trinajstić information content (AvgIpc) is 4.21. The number of nitrogens with one attached hydrogen (secondary N) is 5. The molecule has 0 aromatic heterocycles. The number of aliphatic hydroxyl groups is 1. The van der Waals surface area contributed by atoms with E-state index in [9.17, 15) is 48.3 Å². The Morgan fingerprint density at radius 3 is 1.65 bits per heavy atom. The topological polar surface area (TPSA) is 399 Å². The molecule has 0 spiro atoms. The van der Waals surface area contributed by atoms with Gasteiger partial charge in [-0.2, -0.15) is 0 Å². The van der Waals surface area contributed by atoms with Crippen molar-refractivity contribution in [2.45, 2.75) is 125 Å². The Morgan fingerprint density at radius 1 is 0.613 bits per heavy atom. The summed E-state index contributed by atoms with van der Waals surface area (Å²) in [6, 6.07) is 8.92. The van der Waals surface area contributed by atoms with Crippen molar-refractivity contribution in [2.24, 2.45) is 38.7 Å². The van der Waals surface area contributed by atoms with Gasteiger partial charge in [-0.05, 0) is 75.3 Å². The molecule has 16 N–H and O–H groups in total. The van der Waals surface area contributed by atoms with Gasteiger partial charge >= 0.3 is 0 Å². The molecule has 8 atom stereocenters. The van der Waals surface area contributed by atoms with E-state index in [1.165, 1.54) is 14.7 Å². The van der Waals surface area contributed by atoms with Gasteiger partial charge in [-0.1, -0.05) is 60.7 Å². The second kappa shape index (κ2) is 29.3. The van der Waals surface area contributed by atoms with Gasteiger partial charge in [0, 0.05) is 45.6 Å². The van der Waals surface area contributed by atoms with Crippen molar-refractivity contribution in [3.8, 4) is 0 Å². The minimum absolute atomic E-state index is 0.0506. The maximum atomic E-state index is 14.1. The molecule has 0 unspecified atom stereocenters. The molecule has 3 aliphatic rings. The predicted octanol–water partition coefficient (Wildman–Crippen LogP) is -3.87. The van der Waals surface area contributed by atoms with E-state index in [-0.39, 0.29) is 63.1 Å². The number of carbonyl (C=O) groups is 9. The number of nitrogens with two attached hydrogens (primary N) is 5. The van der Waals surface area contributed by atoms with Crippen molar-refractivity contribution >= 4 is 65.5 Å². The van der Waals surface area contributed by atoms with Gasteiger partial charge in [0.25, 0.3) is 0 Å². The van der Waals surface area contributed by atoms with Crippen LogP contribution in [0.15, 0.2) is 70.6 Å². The SMILES string of the molecule is NC(N)=NCCC[C@@H](C=O)NC(=O)[C@H](Cc1ccccc1)NC(=O)[C@@H]1CCCN1C(=O)[C@H](CO)NC(=O)[C@H](Cc1ccccc1)NC(=O)CNC(=O)[C@@H]1CCCN1C(=O)[C@@H]1CCCN1C(=O)[C@@H](N)CCCN=C(N)N. The Balaban J connectivity index is 1.20. The van der Waals surface area contributed by atoms with Gasteiger partial charge in [0.2, 0.25) is 47.3 Å². The quantitative estimate of drug-likeness (QED) is 0.0177. The van der Waals surface area contributed by atoms with E-state index in [1.54, 1.807) is 60.7 Å². The number of benzene rings is 2. The van der Waals surface area contributed by atoms with Gasteiger partial charge in [-0.25, -0.2) is 0 Å². The summed E-state index contributed by atoms with van der Waals surface area (Å²) in [5.41, 5.74) is 29.1. The zero-order valence-electron chi connectivity index (χ0n) is 42.1. The fraction of sp³-hybridized carbons (Fsp3) is 0.540. The second-order valence-corrected chi connectivity index (χ2v) is 18.8. The van der Waals surface area contributed by atoms with Gasteiger partial charge in [-0.3, -0.25) is 48.3 Å². The minimum Gasteiger partial charge on any atom is -0.394 e. The zero-order chi connectivity index (χ0) is 54.4. The van der Waals surface area contributed by atoms with Crippen LogP contribution < -0.4 is 55.3 Å².